The highest BCUT2D eigenvalue weighted by atomic mass is 35.5. The number of hydrogen-bond donors (Lipinski definition) is 2. The Balaban J connectivity index is 0.00000196. The predicted molar refractivity (Wildman–Crippen MR) is 52.6 cm³/mol. The first-order valence-electron chi connectivity index (χ1n) is 3.97. The zero-order valence-corrected chi connectivity index (χ0v) is 8.48. The molecule has 0 aliphatic carbocycles. The Kier molecular flexibility index (Phi) is 5.07. The average Bonchev–Trinajstić information content (AvgIpc) is 2.18. The standard InChI is InChI=1S/C9H10F3NO.ClH/c10-7-3-1-6(2-4-7)8(13)9(11,12)5-14;/h1-4,8,14H,5,13H2;1H/t8-;/m1./s1. The molecule has 0 aromatic heterocycles. The molecule has 0 aliphatic heterocycles. The van der Waals surface area contributed by atoms with Crippen molar-refractivity contribution in [2.75, 3.05) is 6.61 Å². The zero-order valence-electron chi connectivity index (χ0n) is 7.66. The van der Waals surface area contributed by atoms with Crippen molar-refractivity contribution in [3.05, 3.63) is 35.6 Å². The number of halogens is 4. The van der Waals surface area contributed by atoms with Crippen LogP contribution >= 0.6 is 12.4 Å². The molecule has 1 aromatic rings. The van der Waals surface area contributed by atoms with Gasteiger partial charge in [0.25, 0.3) is 5.92 Å². The van der Waals surface area contributed by atoms with Crippen molar-refractivity contribution in [1.29, 1.82) is 0 Å². The van der Waals surface area contributed by atoms with E-state index in [4.69, 9.17) is 10.8 Å². The monoisotopic (exact) mass is 241 g/mol. The minimum Gasteiger partial charge on any atom is -0.390 e. The maximum atomic E-state index is 12.9. The molecule has 1 rings (SSSR count). The Hall–Kier alpha value is -0.780. The van der Waals surface area contributed by atoms with Gasteiger partial charge >= 0.3 is 0 Å². The van der Waals surface area contributed by atoms with Crippen LogP contribution in [0.4, 0.5) is 13.2 Å². The molecule has 0 fully saturated rings. The molecule has 0 unspecified atom stereocenters. The van der Waals surface area contributed by atoms with Gasteiger partial charge in [0.2, 0.25) is 0 Å². The minimum atomic E-state index is -3.39. The number of aliphatic hydroxyl groups is 1. The number of hydrogen-bond acceptors (Lipinski definition) is 2. The van der Waals surface area contributed by atoms with E-state index in [0.29, 0.717) is 0 Å². The van der Waals surface area contributed by atoms with Crippen LogP contribution in [0.2, 0.25) is 0 Å². The van der Waals surface area contributed by atoms with Crippen LogP contribution in [0.1, 0.15) is 11.6 Å². The highest BCUT2D eigenvalue weighted by Crippen LogP contribution is 2.28. The van der Waals surface area contributed by atoms with E-state index in [1.54, 1.807) is 0 Å². The molecule has 1 aromatic carbocycles. The second-order valence-electron chi connectivity index (χ2n) is 2.95. The molecular weight excluding hydrogens is 231 g/mol. The maximum Gasteiger partial charge on any atom is 0.289 e. The van der Waals surface area contributed by atoms with Crippen molar-refractivity contribution in [1.82, 2.24) is 0 Å². The Bertz CT molecular complexity index is 305. The van der Waals surface area contributed by atoms with Gasteiger partial charge in [-0.3, -0.25) is 0 Å². The number of aliphatic hydroxyl groups excluding tert-OH is 1. The summed E-state index contributed by atoms with van der Waals surface area (Å²) in [5.74, 6) is -3.91. The van der Waals surface area contributed by atoms with Gasteiger partial charge in [-0.15, -0.1) is 12.4 Å². The van der Waals surface area contributed by atoms with Crippen molar-refractivity contribution < 1.29 is 18.3 Å². The van der Waals surface area contributed by atoms with Gasteiger partial charge in [0.15, 0.2) is 0 Å². The lowest BCUT2D eigenvalue weighted by molar-refractivity contribution is -0.0711. The van der Waals surface area contributed by atoms with Crippen LogP contribution in [0.3, 0.4) is 0 Å². The summed E-state index contributed by atoms with van der Waals surface area (Å²) in [6, 6.07) is 2.81. The fourth-order valence-corrected chi connectivity index (χ4v) is 1.01. The van der Waals surface area contributed by atoms with Gasteiger partial charge in [0.1, 0.15) is 12.4 Å². The largest absolute Gasteiger partial charge is 0.390 e. The molecule has 0 amide bonds. The Morgan fingerprint density at radius 3 is 2.13 bits per heavy atom. The second kappa shape index (κ2) is 5.34. The van der Waals surface area contributed by atoms with Gasteiger partial charge in [-0.1, -0.05) is 12.1 Å². The van der Waals surface area contributed by atoms with Gasteiger partial charge < -0.3 is 10.8 Å². The summed E-state index contributed by atoms with van der Waals surface area (Å²) in [5.41, 5.74) is 5.29. The third-order valence-electron chi connectivity index (χ3n) is 1.89. The van der Waals surface area contributed by atoms with Crippen LogP contribution in [0.25, 0.3) is 0 Å². The molecule has 6 heteroatoms. The van der Waals surface area contributed by atoms with Crippen LogP contribution in [0, 0.1) is 5.82 Å². The van der Waals surface area contributed by atoms with Crippen LogP contribution in [-0.2, 0) is 0 Å². The fourth-order valence-electron chi connectivity index (χ4n) is 1.01. The van der Waals surface area contributed by atoms with Crippen LogP contribution in [-0.4, -0.2) is 17.6 Å². The summed E-state index contributed by atoms with van der Waals surface area (Å²) in [7, 11) is 0. The summed E-state index contributed by atoms with van der Waals surface area (Å²) in [6.45, 7) is -1.33. The molecule has 0 aliphatic rings. The van der Waals surface area contributed by atoms with E-state index in [2.05, 4.69) is 0 Å². The first-order chi connectivity index (χ1) is 6.47. The molecule has 1 atom stereocenters. The van der Waals surface area contributed by atoms with E-state index < -0.39 is 24.4 Å². The van der Waals surface area contributed by atoms with Gasteiger partial charge in [0, 0.05) is 0 Å². The van der Waals surface area contributed by atoms with Gasteiger partial charge in [-0.2, -0.15) is 0 Å². The van der Waals surface area contributed by atoms with E-state index in [0.717, 1.165) is 12.1 Å². The molecule has 0 heterocycles. The highest BCUT2D eigenvalue weighted by Gasteiger charge is 2.37. The number of benzene rings is 1. The van der Waals surface area contributed by atoms with Gasteiger partial charge in [0.05, 0.1) is 6.04 Å². The summed E-state index contributed by atoms with van der Waals surface area (Å²) < 4.78 is 38.2. The van der Waals surface area contributed by atoms with E-state index in [-0.39, 0.29) is 18.0 Å². The first kappa shape index (κ1) is 14.2. The topological polar surface area (TPSA) is 46.2 Å². The van der Waals surface area contributed by atoms with E-state index in [1.165, 1.54) is 12.1 Å². The summed E-state index contributed by atoms with van der Waals surface area (Å²) in [4.78, 5) is 0. The zero-order chi connectivity index (χ0) is 10.8. The number of nitrogens with two attached hydrogens (primary N) is 1. The molecule has 0 saturated carbocycles. The van der Waals surface area contributed by atoms with Crippen molar-refractivity contribution in [2.24, 2.45) is 5.73 Å². The van der Waals surface area contributed by atoms with E-state index in [1.807, 2.05) is 0 Å². The second-order valence-corrected chi connectivity index (χ2v) is 2.95. The summed E-state index contributed by atoms with van der Waals surface area (Å²) in [5, 5.41) is 8.38. The molecule has 15 heavy (non-hydrogen) atoms. The van der Waals surface area contributed by atoms with Gasteiger partial charge in [-0.05, 0) is 17.7 Å². The van der Waals surface area contributed by atoms with Crippen molar-refractivity contribution in [3.8, 4) is 0 Å². The highest BCUT2D eigenvalue weighted by molar-refractivity contribution is 5.85. The minimum absolute atomic E-state index is 0. The average molecular weight is 242 g/mol. The third kappa shape index (κ3) is 3.37. The molecular formula is C9H11ClF3NO. The number of rotatable bonds is 3. The Labute approximate surface area is 91.3 Å². The Morgan fingerprint density at radius 1 is 1.27 bits per heavy atom. The van der Waals surface area contributed by atoms with Crippen LogP contribution < -0.4 is 5.73 Å². The molecule has 3 N–H and O–H groups in total. The molecule has 0 spiro atoms. The predicted octanol–water partition coefficient (Wildman–Crippen LogP) is 1.87. The van der Waals surface area contributed by atoms with Gasteiger partial charge in [-0.25, -0.2) is 13.2 Å². The smallest absolute Gasteiger partial charge is 0.289 e. The van der Waals surface area contributed by atoms with E-state index >= 15 is 0 Å². The number of alkyl halides is 2. The molecule has 86 valence electrons. The first-order valence-corrected chi connectivity index (χ1v) is 3.97. The normalized spacial score (nSPS) is 13.1. The molecule has 0 radical (unpaired) electrons. The van der Waals surface area contributed by atoms with Crippen molar-refractivity contribution in [2.45, 2.75) is 12.0 Å². The lowest BCUT2D eigenvalue weighted by atomic mass is 10.0. The van der Waals surface area contributed by atoms with Crippen molar-refractivity contribution in [3.63, 3.8) is 0 Å². The summed E-state index contributed by atoms with van der Waals surface area (Å²) >= 11 is 0. The third-order valence-corrected chi connectivity index (χ3v) is 1.89. The maximum absolute atomic E-state index is 12.9. The van der Waals surface area contributed by atoms with Crippen molar-refractivity contribution >= 4 is 12.4 Å². The van der Waals surface area contributed by atoms with Crippen LogP contribution in [0.15, 0.2) is 24.3 Å². The fraction of sp³-hybridized carbons (Fsp3) is 0.333. The lowest BCUT2D eigenvalue weighted by Crippen LogP contribution is -2.36. The molecule has 2 nitrogen and oxygen atoms in total. The molecule has 0 saturated heterocycles. The molecule has 0 bridgehead atoms. The Morgan fingerprint density at radius 2 is 1.73 bits per heavy atom. The van der Waals surface area contributed by atoms with E-state index in [9.17, 15) is 13.2 Å². The quantitative estimate of drug-likeness (QED) is 0.849. The summed E-state index contributed by atoms with van der Waals surface area (Å²) in [6.07, 6.45) is 0. The lowest BCUT2D eigenvalue weighted by Gasteiger charge is -2.21. The van der Waals surface area contributed by atoms with Crippen LogP contribution in [0.5, 0.6) is 0 Å². The SMILES string of the molecule is Cl.N[C@H](c1ccc(F)cc1)C(F)(F)CO.